The molecule has 1 saturated heterocycles. The molecule has 1 rings (SSSR count). The Morgan fingerprint density at radius 3 is 2.73 bits per heavy atom. The molecule has 0 aromatic heterocycles. The molecule has 0 bridgehead atoms. The molecule has 0 unspecified atom stereocenters. The zero-order valence-corrected chi connectivity index (χ0v) is 7.18. The molecule has 0 N–H and O–H groups in total. The molecule has 0 aromatic rings. The SMILES string of the molecule is CC/C(C)=C1/OCC(=O)N1C. The molecule has 0 spiro atoms. The van der Waals surface area contributed by atoms with E-state index in [1.807, 2.05) is 13.8 Å². The van der Waals surface area contributed by atoms with Crippen LogP contribution in [0.4, 0.5) is 0 Å². The fourth-order valence-corrected chi connectivity index (χ4v) is 0.998. The number of rotatable bonds is 1. The van der Waals surface area contributed by atoms with Gasteiger partial charge in [-0.25, -0.2) is 0 Å². The Morgan fingerprint density at radius 2 is 2.36 bits per heavy atom. The molecule has 1 fully saturated rings. The van der Waals surface area contributed by atoms with Crippen molar-refractivity contribution in [2.75, 3.05) is 13.7 Å². The van der Waals surface area contributed by atoms with E-state index in [4.69, 9.17) is 4.74 Å². The Labute approximate surface area is 66.6 Å². The maximum Gasteiger partial charge on any atom is 0.267 e. The van der Waals surface area contributed by atoms with Gasteiger partial charge < -0.3 is 4.74 Å². The van der Waals surface area contributed by atoms with Crippen LogP contribution in [0.25, 0.3) is 0 Å². The summed E-state index contributed by atoms with van der Waals surface area (Å²) >= 11 is 0. The number of nitrogens with zero attached hydrogens (tertiary/aromatic N) is 1. The highest BCUT2D eigenvalue weighted by Crippen LogP contribution is 2.18. The largest absolute Gasteiger partial charge is 0.469 e. The summed E-state index contributed by atoms with van der Waals surface area (Å²) in [5.41, 5.74) is 1.12. The highest BCUT2D eigenvalue weighted by Gasteiger charge is 2.24. The number of amides is 1. The molecular formula is C8H13NO2. The number of hydrogen-bond donors (Lipinski definition) is 0. The second-order valence-electron chi connectivity index (χ2n) is 2.68. The molecule has 1 aliphatic heterocycles. The van der Waals surface area contributed by atoms with Crippen LogP contribution in [0, 0.1) is 0 Å². The molecule has 1 aliphatic rings. The summed E-state index contributed by atoms with van der Waals surface area (Å²) in [5, 5.41) is 0. The fourth-order valence-electron chi connectivity index (χ4n) is 0.998. The summed E-state index contributed by atoms with van der Waals surface area (Å²) in [4.78, 5) is 12.5. The molecule has 0 aliphatic carbocycles. The summed E-state index contributed by atoms with van der Waals surface area (Å²) in [5.74, 6) is 0.769. The zero-order valence-electron chi connectivity index (χ0n) is 7.18. The number of carbonyl (C=O) groups excluding carboxylic acids is 1. The first kappa shape index (κ1) is 8.11. The van der Waals surface area contributed by atoms with Crippen LogP contribution in [-0.2, 0) is 9.53 Å². The van der Waals surface area contributed by atoms with Gasteiger partial charge in [0.05, 0.1) is 0 Å². The molecule has 1 heterocycles. The number of hydrogen-bond acceptors (Lipinski definition) is 2. The third-order valence-corrected chi connectivity index (χ3v) is 1.91. The molecule has 0 aromatic carbocycles. The van der Waals surface area contributed by atoms with E-state index in [1.54, 1.807) is 11.9 Å². The highest BCUT2D eigenvalue weighted by atomic mass is 16.5. The van der Waals surface area contributed by atoms with Gasteiger partial charge >= 0.3 is 0 Å². The van der Waals surface area contributed by atoms with Crippen molar-refractivity contribution >= 4 is 5.91 Å². The Morgan fingerprint density at radius 1 is 1.73 bits per heavy atom. The van der Waals surface area contributed by atoms with E-state index in [1.165, 1.54) is 0 Å². The third-order valence-electron chi connectivity index (χ3n) is 1.91. The van der Waals surface area contributed by atoms with Gasteiger partial charge in [0, 0.05) is 7.05 Å². The fraction of sp³-hybridized carbons (Fsp3) is 0.625. The quantitative estimate of drug-likeness (QED) is 0.567. The van der Waals surface area contributed by atoms with Gasteiger partial charge in [0.2, 0.25) is 0 Å². The molecule has 0 atom stereocenters. The lowest BCUT2D eigenvalue weighted by Gasteiger charge is -2.10. The lowest BCUT2D eigenvalue weighted by atomic mass is 10.2. The van der Waals surface area contributed by atoms with E-state index in [2.05, 4.69) is 0 Å². The molecule has 3 heteroatoms. The van der Waals surface area contributed by atoms with Crippen molar-refractivity contribution in [1.82, 2.24) is 4.90 Å². The molecule has 1 amide bonds. The maximum atomic E-state index is 11.0. The van der Waals surface area contributed by atoms with Gasteiger partial charge in [-0.3, -0.25) is 9.69 Å². The van der Waals surface area contributed by atoms with Crippen LogP contribution < -0.4 is 0 Å². The average molecular weight is 155 g/mol. The van der Waals surface area contributed by atoms with E-state index in [0.717, 1.165) is 17.9 Å². The second kappa shape index (κ2) is 2.95. The summed E-state index contributed by atoms with van der Waals surface area (Å²) < 4.78 is 5.19. The van der Waals surface area contributed by atoms with Crippen molar-refractivity contribution in [2.24, 2.45) is 0 Å². The van der Waals surface area contributed by atoms with E-state index in [9.17, 15) is 4.79 Å². The molecule has 0 radical (unpaired) electrons. The van der Waals surface area contributed by atoms with Crippen LogP contribution in [0.1, 0.15) is 20.3 Å². The van der Waals surface area contributed by atoms with Crippen LogP contribution >= 0.6 is 0 Å². The first-order chi connectivity index (χ1) is 5.16. The Balaban J connectivity index is 2.83. The molecule has 3 nitrogen and oxygen atoms in total. The van der Waals surface area contributed by atoms with Crippen molar-refractivity contribution in [3.63, 3.8) is 0 Å². The number of carbonyl (C=O) groups is 1. The monoisotopic (exact) mass is 155 g/mol. The Hall–Kier alpha value is -0.990. The van der Waals surface area contributed by atoms with Crippen LogP contribution in [0.15, 0.2) is 11.5 Å². The van der Waals surface area contributed by atoms with Crippen molar-refractivity contribution in [3.05, 3.63) is 11.5 Å². The number of likely N-dealkylation sites (N-methyl/N-ethyl adjacent to an activating group) is 1. The predicted octanol–water partition coefficient (Wildman–Crippen LogP) is 1.12. The number of allylic oxidation sites excluding steroid dienone is 1. The molecule has 11 heavy (non-hydrogen) atoms. The van der Waals surface area contributed by atoms with Crippen LogP contribution in [0.3, 0.4) is 0 Å². The summed E-state index contributed by atoms with van der Waals surface area (Å²) in [6.07, 6.45) is 0.924. The van der Waals surface area contributed by atoms with E-state index in [-0.39, 0.29) is 12.5 Å². The average Bonchev–Trinajstić information content (AvgIpc) is 2.32. The molecule has 62 valence electrons. The minimum absolute atomic E-state index is 0.0350. The zero-order chi connectivity index (χ0) is 8.43. The lowest BCUT2D eigenvalue weighted by Crippen LogP contribution is -2.19. The predicted molar refractivity (Wildman–Crippen MR) is 41.7 cm³/mol. The highest BCUT2D eigenvalue weighted by molar-refractivity contribution is 5.80. The van der Waals surface area contributed by atoms with Crippen molar-refractivity contribution < 1.29 is 9.53 Å². The van der Waals surface area contributed by atoms with Crippen molar-refractivity contribution in [2.45, 2.75) is 20.3 Å². The maximum absolute atomic E-state index is 11.0. The Kier molecular flexibility index (Phi) is 2.17. The van der Waals surface area contributed by atoms with Gasteiger partial charge in [-0.05, 0) is 18.9 Å². The minimum Gasteiger partial charge on any atom is -0.469 e. The summed E-state index contributed by atoms with van der Waals surface area (Å²) in [6.45, 7) is 4.22. The Bertz CT molecular complexity index is 208. The van der Waals surface area contributed by atoms with Gasteiger partial charge in [-0.2, -0.15) is 0 Å². The van der Waals surface area contributed by atoms with Gasteiger partial charge in [0.25, 0.3) is 5.91 Å². The third kappa shape index (κ3) is 1.37. The lowest BCUT2D eigenvalue weighted by molar-refractivity contribution is -0.125. The molecular weight excluding hydrogens is 142 g/mol. The van der Waals surface area contributed by atoms with Crippen LogP contribution in [0.2, 0.25) is 0 Å². The van der Waals surface area contributed by atoms with Gasteiger partial charge in [-0.15, -0.1) is 0 Å². The van der Waals surface area contributed by atoms with Gasteiger partial charge in [-0.1, -0.05) is 6.92 Å². The minimum atomic E-state index is 0.0350. The summed E-state index contributed by atoms with van der Waals surface area (Å²) in [6, 6.07) is 0. The van der Waals surface area contributed by atoms with Crippen molar-refractivity contribution in [1.29, 1.82) is 0 Å². The van der Waals surface area contributed by atoms with Gasteiger partial charge in [0.1, 0.15) is 0 Å². The van der Waals surface area contributed by atoms with E-state index in [0.29, 0.717) is 0 Å². The van der Waals surface area contributed by atoms with Crippen LogP contribution in [0.5, 0.6) is 0 Å². The van der Waals surface area contributed by atoms with Crippen LogP contribution in [-0.4, -0.2) is 24.5 Å². The summed E-state index contributed by atoms with van der Waals surface area (Å²) in [7, 11) is 1.74. The van der Waals surface area contributed by atoms with E-state index < -0.39 is 0 Å². The number of ether oxygens (including phenoxy) is 1. The van der Waals surface area contributed by atoms with Crippen molar-refractivity contribution in [3.8, 4) is 0 Å². The second-order valence-corrected chi connectivity index (χ2v) is 2.68. The first-order valence-electron chi connectivity index (χ1n) is 3.76. The standard InChI is InChI=1S/C8H13NO2/c1-4-6(2)8-9(3)7(10)5-11-8/h4-5H2,1-3H3/b8-6+. The first-order valence-corrected chi connectivity index (χ1v) is 3.76. The van der Waals surface area contributed by atoms with Gasteiger partial charge in [0.15, 0.2) is 12.5 Å². The molecule has 0 saturated carbocycles. The van der Waals surface area contributed by atoms with E-state index >= 15 is 0 Å². The normalized spacial score (nSPS) is 22.1. The topological polar surface area (TPSA) is 29.5 Å². The smallest absolute Gasteiger partial charge is 0.267 e.